The largest absolute Gasteiger partial charge is 0.497 e. The van der Waals surface area contributed by atoms with E-state index in [9.17, 15) is 9.59 Å². The Kier molecular flexibility index (Phi) is 5.47. The third kappa shape index (κ3) is 3.51. The molecule has 1 aromatic carbocycles. The molecule has 1 aromatic heterocycles. The van der Waals surface area contributed by atoms with Crippen LogP contribution >= 0.6 is 0 Å². The number of ether oxygens (including phenoxy) is 3. The molecular formula is C17H19NO6. The first-order valence-corrected chi connectivity index (χ1v) is 7.20. The van der Waals surface area contributed by atoms with Crippen LogP contribution in [0.5, 0.6) is 11.5 Å². The molecule has 0 atom stereocenters. The van der Waals surface area contributed by atoms with Crippen molar-refractivity contribution in [1.82, 2.24) is 4.57 Å². The zero-order valence-corrected chi connectivity index (χ0v) is 14.0. The van der Waals surface area contributed by atoms with Crippen LogP contribution in [0.2, 0.25) is 0 Å². The van der Waals surface area contributed by atoms with Crippen LogP contribution in [0.1, 0.15) is 12.5 Å². The number of oxazole rings is 1. The lowest BCUT2D eigenvalue weighted by Crippen LogP contribution is -2.34. The predicted octanol–water partition coefficient (Wildman–Crippen LogP) is 0.261. The summed E-state index contributed by atoms with van der Waals surface area (Å²) in [6.07, 6.45) is 3.16. The number of carbonyl (C=O) groups is 1. The quantitative estimate of drug-likeness (QED) is 0.730. The molecule has 0 aliphatic rings. The number of hydrogen-bond donors (Lipinski definition) is 0. The Balaban J connectivity index is 2.59. The van der Waals surface area contributed by atoms with Gasteiger partial charge in [0.25, 0.3) is 5.56 Å². The molecule has 7 nitrogen and oxygen atoms in total. The Morgan fingerprint density at radius 1 is 1.25 bits per heavy atom. The Hall–Kier alpha value is -2.96. The molecule has 0 radical (unpaired) electrons. The summed E-state index contributed by atoms with van der Waals surface area (Å²) >= 11 is 0. The molecule has 0 unspecified atom stereocenters. The van der Waals surface area contributed by atoms with Crippen LogP contribution in [-0.4, -0.2) is 31.9 Å². The van der Waals surface area contributed by atoms with Crippen molar-refractivity contribution in [2.24, 2.45) is 0 Å². The first kappa shape index (κ1) is 17.4. The highest BCUT2D eigenvalue weighted by Gasteiger charge is 2.11. The number of rotatable bonds is 5. The highest BCUT2D eigenvalue weighted by molar-refractivity contribution is 5.69. The average molecular weight is 333 g/mol. The van der Waals surface area contributed by atoms with Gasteiger partial charge >= 0.3 is 5.97 Å². The summed E-state index contributed by atoms with van der Waals surface area (Å²) in [5.74, 6) is 0.635. The lowest BCUT2D eigenvalue weighted by molar-refractivity contribution is -0.141. The topological polar surface area (TPSA) is 79.9 Å². The molecule has 2 aromatic rings. The summed E-state index contributed by atoms with van der Waals surface area (Å²) < 4.78 is 21.8. The highest BCUT2D eigenvalue weighted by Crippen LogP contribution is 2.24. The number of benzene rings is 1. The summed E-state index contributed by atoms with van der Waals surface area (Å²) in [6.45, 7) is 1.50. The van der Waals surface area contributed by atoms with Crippen LogP contribution in [0.15, 0.2) is 27.4 Å². The Morgan fingerprint density at radius 2 is 2.00 bits per heavy atom. The summed E-state index contributed by atoms with van der Waals surface area (Å²) in [7, 11) is 4.34. The number of nitrogens with zero attached hydrogens (tertiary/aromatic N) is 1. The van der Waals surface area contributed by atoms with E-state index in [-0.39, 0.29) is 17.5 Å². The van der Waals surface area contributed by atoms with E-state index in [1.807, 2.05) is 0 Å². The number of methoxy groups -OCH3 is 3. The van der Waals surface area contributed by atoms with Gasteiger partial charge in [-0.05, 0) is 31.2 Å². The lowest BCUT2D eigenvalue weighted by atomic mass is 10.2. The van der Waals surface area contributed by atoms with Crippen molar-refractivity contribution in [3.63, 3.8) is 0 Å². The molecule has 0 aliphatic heterocycles. The van der Waals surface area contributed by atoms with Crippen LogP contribution in [-0.2, 0) is 16.1 Å². The fourth-order valence-electron chi connectivity index (χ4n) is 2.17. The van der Waals surface area contributed by atoms with Gasteiger partial charge in [0.05, 0.1) is 21.3 Å². The Bertz CT molecular complexity index is 906. The van der Waals surface area contributed by atoms with Crippen molar-refractivity contribution in [3.8, 4) is 11.5 Å². The SMILES string of the molecule is CC=c1o/c(=C/c2ccc(OC)cc2OC)c(=O)n1CC(=O)OC. The maximum absolute atomic E-state index is 12.5. The van der Waals surface area contributed by atoms with Gasteiger partial charge in [-0.2, -0.15) is 0 Å². The smallest absolute Gasteiger partial charge is 0.325 e. The van der Waals surface area contributed by atoms with Crippen LogP contribution in [0.4, 0.5) is 0 Å². The van der Waals surface area contributed by atoms with E-state index in [2.05, 4.69) is 4.74 Å². The molecule has 128 valence electrons. The molecule has 0 bridgehead atoms. The van der Waals surface area contributed by atoms with Crippen molar-refractivity contribution >= 4 is 18.1 Å². The zero-order chi connectivity index (χ0) is 17.7. The first-order chi connectivity index (χ1) is 11.5. The minimum Gasteiger partial charge on any atom is -0.497 e. The second kappa shape index (κ2) is 7.54. The van der Waals surface area contributed by atoms with Crippen LogP contribution in [0.25, 0.3) is 12.2 Å². The van der Waals surface area contributed by atoms with Crippen molar-refractivity contribution in [1.29, 1.82) is 0 Å². The summed E-state index contributed by atoms with van der Waals surface area (Å²) in [4.78, 5) is 23.9. The number of esters is 1. The molecule has 0 N–H and O–H groups in total. The van der Waals surface area contributed by atoms with Crippen molar-refractivity contribution in [2.75, 3.05) is 21.3 Å². The highest BCUT2D eigenvalue weighted by atomic mass is 16.5. The second-order valence-corrected chi connectivity index (χ2v) is 4.81. The third-order valence-electron chi connectivity index (χ3n) is 3.43. The fourth-order valence-corrected chi connectivity index (χ4v) is 2.17. The minimum absolute atomic E-state index is 0.0930. The second-order valence-electron chi connectivity index (χ2n) is 4.81. The van der Waals surface area contributed by atoms with Gasteiger partial charge < -0.3 is 18.6 Å². The zero-order valence-electron chi connectivity index (χ0n) is 14.0. The third-order valence-corrected chi connectivity index (χ3v) is 3.43. The van der Waals surface area contributed by atoms with Crippen molar-refractivity contribution in [3.05, 3.63) is 45.1 Å². The molecule has 0 saturated heterocycles. The maximum Gasteiger partial charge on any atom is 0.325 e. The summed E-state index contributed by atoms with van der Waals surface area (Å²) in [5, 5.41) is 0. The van der Waals surface area contributed by atoms with Crippen molar-refractivity contribution in [2.45, 2.75) is 13.5 Å². The molecule has 1 heterocycles. The van der Waals surface area contributed by atoms with E-state index in [0.717, 1.165) is 0 Å². The number of aromatic nitrogens is 1. The molecule has 0 saturated carbocycles. The molecule has 7 heteroatoms. The van der Waals surface area contributed by atoms with E-state index < -0.39 is 11.5 Å². The van der Waals surface area contributed by atoms with Gasteiger partial charge in [-0.15, -0.1) is 0 Å². The summed E-state index contributed by atoms with van der Waals surface area (Å²) in [5.41, 5.74) is 0.600. The van der Waals surface area contributed by atoms with Crippen molar-refractivity contribution < 1.29 is 23.4 Å². The normalized spacial score (nSPS) is 12.3. The average Bonchev–Trinajstić information content (AvgIpc) is 2.90. The van der Waals surface area contributed by atoms with Gasteiger partial charge in [0.15, 0.2) is 11.0 Å². The van der Waals surface area contributed by atoms with E-state index in [0.29, 0.717) is 17.1 Å². The standard InChI is InChI=1S/C17H19NO6/c1-5-15-18(10-16(19)23-4)17(20)14(24-15)8-11-6-7-12(21-2)9-13(11)22-3/h5-9H,10H2,1-4H3/b14-8+,15-5?. The molecule has 0 spiro atoms. The first-order valence-electron chi connectivity index (χ1n) is 7.20. The fraction of sp³-hybridized carbons (Fsp3) is 0.294. The minimum atomic E-state index is -0.533. The van der Waals surface area contributed by atoms with Gasteiger partial charge in [-0.3, -0.25) is 14.2 Å². The molecule has 0 aliphatic carbocycles. The molecule has 24 heavy (non-hydrogen) atoms. The number of hydrogen-bond acceptors (Lipinski definition) is 6. The molecule has 2 rings (SSSR count). The van der Waals surface area contributed by atoms with E-state index in [1.54, 1.807) is 44.4 Å². The molecular weight excluding hydrogens is 314 g/mol. The van der Waals surface area contributed by atoms with Crippen LogP contribution in [0.3, 0.4) is 0 Å². The Labute approximate surface area is 138 Å². The van der Waals surface area contributed by atoms with E-state index in [4.69, 9.17) is 13.9 Å². The molecule has 0 fully saturated rings. The van der Waals surface area contributed by atoms with Gasteiger partial charge in [0.1, 0.15) is 18.0 Å². The van der Waals surface area contributed by atoms with Crippen LogP contribution in [0, 0.1) is 0 Å². The van der Waals surface area contributed by atoms with Gasteiger partial charge in [0.2, 0.25) is 0 Å². The number of carbonyl (C=O) groups excluding carboxylic acids is 1. The van der Waals surface area contributed by atoms with Gasteiger partial charge in [-0.25, -0.2) is 0 Å². The van der Waals surface area contributed by atoms with E-state index >= 15 is 0 Å². The maximum atomic E-state index is 12.5. The Morgan fingerprint density at radius 3 is 2.58 bits per heavy atom. The van der Waals surface area contributed by atoms with Gasteiger partial charge in [-0.1, -0.05) is 0 Å². The van der Waals surface area contributed by atoms with E-state index in [1.165, 1.54) is 18.8 Å². The van der Waals surface area contributed by atoms with Gasteiger partial charge in [0, 0.05) is 11.6 Å². The van der Waals surface area contributed by atoms with Crippen LogP contribution < -0.4 is 26.0 Å². The lowest BCUT2D eigenvalue weighted by Gasteiger charge is -2.06. The summed E-state index contributed by atoms with van der Waals surface area (Å²) in [6, 6.07) is 5.20. The monoisotopic (exact) mass is 333 g/mol. The molecule has 0 amide bonds. The predicted molar refractivity (Wildman–Crippen MR) is 87.5 cm³/mol.